The number of nitrogens with two attached hydrogens (primary N) is 4. The smallest absolute Gasteiger partial charge is 0.221 e. The van der Waals surface area contributed by atoms with Crippen LogP contribution in [0, 0.1) is 4.78 Å². The molecule has 0 radical (unpaired) electrons. The van der Waals surface area contributed by atoms with Crippen molar-refractivity contribution in [3.63, 3.8) is 0 Å². The van der Waals surface area contributed by atoms with Crippen LogP contribution in [0.5, 0.6) is 0 Å². The van der Waals surface area contributed by atoms with Gasteiger partial charge in [0, 0.05) is 128 Å². The predicted octanol–water partition coefficient (Wildman–Crippen LogP) is 24.7. The second kappa shape index (κ2) is 44.5. The van der Waals surface area contributed by atoms with E-state index in [0.717, 1.165) is 30.5 Å². The van der Waals surface area contributed by atoms with Crippen molar-refractivity contribution in [2.45, 2.75) is 307 Å². The lowest BCUT2D eigenvalue weighted by atomic mass is 10.2. The van der Waals surface area contributed by atoms with Crippen LogP contribution in [0.4, 0.5) is 39.8 Å². The van der Waals surface area contributed by atoms with Gasteiger partial charge in [0.1, 0.15) is 0 Å². The van der Waals surface area contributed by atoms with Gasteiger partial charge in [0.15, 0.2) is 16.5 Å². The van der Waals surface area contributed by atoms with E-state index in [0.29, 0.717) is 38.2 Å². The molecule has 7 aromatic carbocycles. The SMILES string of the molecule is CC(=O)Nc1cccc(S(=N)(=O)C(C)(C)C)c1.CC(=O)Nc1cccc(S(=O)(=N[Si](C)(C)C(C)(C)C)C(C)(C)C)c1.CC(=O)Nc1cccc(S(=O)C(C)(C)C)c1.CC(C)(C)S.CC(C)(C)S(=O)c1cccc(N)c1.CC(C)(C)Sc1cccc(N)c1.CC(C)(C)[Si](C)(C)N=S(=O)(c1cccc(N)c1)C(C)(C)C.Nc1cccc(Br)c1. The van der Waals surface area contributed by atoms with Crippen molar-refractivity contribution in [3.05, 3.63) is 174 Å². The van der Waals surface area contributed by atoms with Crippen molar-refractivity contribution in [2.24, 2.45) is 8.06 Å². The van der Waals surface area contributed by atoms with Crippen molar-refractivity contribution >= 4 is 165 Å². The van der Waals surface area contributed by atoms with Crippen molar-refractivity contribution in [1.29, 1.82) is 4.78 Å². The van der Waals surface area contributed by atoms with Crippen LogP contribution in [-0.2, 0) is 65.2 Å². The minimum absolute atomic E-state index is 0.0101. The van der Waals surface area contributed by atoms with E-state index in [4.69, 9.17) is 35.8 Å². The normalized spacial score (nSPS) is 14.1. The molecule has 3 amide bonds. The molecular formula is C88H143BrN10O8S7Si2. The molecule has 116 heavy (non-hydrogen) atoms. The lowest BCUT2D eigenvalue weighted by Crippen LogP contribution is -2.39. The monoisotopic (exact) mass is 1830 g/mol. The van der Waals surface area contributed by atoms with E-state index in [-0.39, 0.29) is 46.8 Å². The molecule has 0 fully saturated rings. The van der Waals surface area contributed by atoms with Crippen molar-refractivity contribution in [3.8, 4) is 0 Å². The van der Waals surface area contributed by atoms with E-state index in [1.165, 1.54) is 25.7 Å². The number of hydrogen-bond acceptors (Lipinski definition) is 17. The highest BCUT2D eigenvalue weighted by molar-refractivity contribution is 9.10. The summed E-state index contributed by atoms with van der Waals surface area (Å²) in [6.45, 7) is 67.7. The number of thioether (sulfide) groups is 1. The maximum atomic E-state index is 14.1. The fourth-order valence-electron chi connectivity index (χ4n) is 8.62. The number of carbonyl (C=O) groups excluding carboxylic acids is 3. The Kier molecular flexibility index (Phi) is 42.1. The molecule has 0 aliphatic rings. The highest BCUT2D eigenvalue weighted by Gasteiger charge is 2.42. The van der Waals surface area contributed by atoms with E-state index in [1.54, 1.807) is 87.5 Å². The van der Waals surface area contributed by atoms with E-state index >= 15 is 0 Å². The number of nitrogens with zero attached hydrogens (tertiary/aromatic N) is 2. The van der Waals surface area contributed by atoms with Gasteiger partial charge in [-0.25, -0.2) is 17.4 Å². The number of anilines is 7. The summed E-state index contributed by atoms with van der Waals surface area (Å²) in [6.07, 6.45) is 0. The Morgan fingerprint density at radius 3 is 0.991 bits per heavy atom. The predicted molar refractivity (Wildman–Crippen MR) is 520 cm³/mol. The topological polar surface area (TPSA) is 325 Å². The van der Waals surface area contributed by atoms with Gasteiger partial charge in [0.25, 0.3) is 0 Å². The van der Waals surface area contributed by atoms with Crippen molar-refractivity contribution in [1.82, 2.24) is 0 Å². The first-order chi connectivity index (χ1) is 51.9. The zero-order valence-corrected chi connectivity index (χ0v) is 85.3. The average molecular weight is 1830 g/mol. The Bertz CT molecular complexity index is 4800. The maximum Gasteiger partial charge on any atom is 0.221 e. The Balaban J connectivity index is 0.00000134. The quantitative estimate of drug-likeness (QED) is 0.0252. The summed E-state index contributed by atoms with van der Waals surface area (Å²) < 4.78 is 81.7. The van der Waals surface area contributed by atoms with Crippen molar-refractivity contribution in [2.75, 3.05) is 38.9 Å². The number of thiol groups is 1. The first kappa shape index (κ1) is 110. The van der Waals surface area contributed by atoms with Gasteiger partial charge in [-0.3, -0.25) is 30.9 Å². The number of nitrogen functional groups attached to an aromatic ring is 4. The van der Waals surface area contributed by atoms with E-state index in [2.05, 4.69) is 160 Å². The van der Waals surface area contributed by atoms with Crippen LogP contribution >= 0.6 is 40.3 Å². The summed E-state index contributed by atoms with van der Waals surface area (Å²) >= 11 is 9.24. The van der Waals surface area contributed by atoms with Crippen LogP contribution in [0.3, 0.4) is 0 Å². The molecule has 0 bridgehead atoms. The molecule has 5 atom stereocenters. The molecule has 0 saturated heterocycles. The minimum Gasteiger partial charge on any atom is -0.399 e. The van der Waals surface area contributed by atoms with Gasteiger partial charge in [-0.15, -0.1) is 11.8 Å². The van der Waals surface area contributed by atoms with Crippen molar-refractivity contribution < 1.29 is 35.4 Å². The van der Waals surface area contributed by atoms with Crippen LogP contribution in [0.1, 0.15) is 208 Å². The zero-order valence-electron chi connectivity index (χ0n) is 75.9. The molecule has 0 aromatic heterocycles. The zero-order chi connectivity index (χ0) is 91.0. The summed E-state index contributed by atoms with van der Waals surface area (Å²) in [5.74, 6) is -0.455. The Morgan fingerprint density at radius 2 is 0.698 bits per heavy atom. The van der Waals surface area contributed by atoms with Crippen LogP contribution in [0.15, 0.2) is 212 Å². The molecule has 12 N–H and O–H groups in total. The summed E-state index contributed by atoms with van der Waals surface area (Å²) in [7, 11) is -14.3. The van der Waals surface area contributed by atoms with Crippen LogP contribution in [0.2, 0.25) is 36.3 Å². The molecule has 650 valence electrons. The Morgan fingerprint density at radius 1 is 0.414 bits per heavy atom. The fraction of sp³-hybridized carbons (Fsp3) is 0.489. The second-order valence-corrected chi connectivity index (χ2v) is 65.4. The fourth-order valence-corrected chi connectivity index (χ4v) is 26.5. The molecule has 0 aliphatic heterocycles. The third-order valence-corrected chi connectivity index (χ3v) is 42.7. The van der Waals surface area contributed by atoms with Gasteiger partial charge in [-0.2, -0.15) is 12.6 Å². The lowest BCUT2D eigenvalue weighted by Gasteiger charge is -2.36. The first-order valence-electron chi connectivity index (χ1n) is 38.2. The lowest BCUT2D eigenvalue weighted by molar-refractivity contribution is -0.115. The first-order valence-corrected chi connectivity index (χ1v) is 53.1. The van der Waals surface area contributed by atoms with E-state index in [9.17, 15) is 35.4 Å². The largest absolute Gasteiger partial charge is 0.399 e. The third-order valence-electron chi connectivity index (χ3n) is 16.7. The van der Waals surface area contributed by atoms with Gasteiger partial charge in [0.05, 0.1) is 50.8 Å². The second-order valence-electron chi connectivity index (χ2n) is 37.8. The summed E-state index contributed by atoms with van der Waals surface area (Å²) in [5, 5.41) is 8.13. The number of rotatable bonds is 11. The molecule has 28 heteroatoms. The molecule has 0 aliphatic carbocycles. The van der Waals surface area contributed by atoms with Gasteiger partial charge >= 0.3 is 0 Å². The summed E-state index contributed by atoms with van der Waals surface area (Å²) in [4.78, 5) is 37.8. The number of halogens is 1. The number of benzene rings is 7. The van der Waals surface area contributed by atoms with Crippen LogP contribution in [0.25, 0.3) is 0 Å². The third kappa shape index (κ3) is 39.9. The van der Waals surface area contributed by atoms with Crippen LogP contribution in [-0.4, -0.2) is 88.5 Å². The van der Waals surface area contributed by atoms with Gasteiger partial charge in [-0.1, -0.05) is 141 Å². The molecule has 0 saturated carbocycles. The molecule has 0 spiro atoms. The molecular weight excluding hydrogens is 1690 g/mol. The average Bonchev–Trinajstić information content (AvgIpc) is 0.760. The maximum absolute atomic E-state index is 14.1. The van der Waals surface area contributed by atoms with E-state index < -0.39 is 81.5 Å². The Hall–Kier alpha value is -6.09. The highest BCUT2D eigenvalue weighted by Crippen LogP contribution is 2.43. The van der Waals surface area contributed by atoms with Gasteiger partial charge < -0.3 is 38.9 Å². The minimum atomic E-state index is -2.89. The standard InChI is InChI=1S/C18H32N2O2SSi.C16H30N2OSSi.C12H18N2O2S.C12H17NO2S.C10H15NOS.C10H15NS.C6H6BrN.C4H10S/c1-14(21)19-15-11-10-12-16(13-15)23(22,17(2,3)4)20-24(8,9)18(5,6)7;1-15(2,3)20(19,14-11-9-10-13(17)12-14)18-21(7,8)16(4,5)6;1-9(15)14-10-6-5-7-11(8-10)17(13,16)12(2,3)4;1-9(14)13-10-6-5-7-11(8-10)16(15)12(2,3)4;1-10(2,3)13(12)9-6-4-5-8(11)7-9;1-10(2,3)12-9-6-4-5-8(11)7-9;7-5-2-1-3-6(8)4-5;1-4(2,3)5/h10-13H,1-9H3,(H,19,21);9-12H,17H2,1-8H3;5-8,13H,1-4H3,(H,14,15);5-8H,1-4H3,(H,13,14);4-7H,11H2,1-3H3;4-7H,11H2,1-3H3;1-4H,8H2;5H,1-3H3. The van der Waals surface area contributed by atoms with Crippen LogP contribution < -0.4 is 38.9 Å². The van der Waals surface area contributed by atoms with E-state index in [1.807, 2.05) is 192 Å². The number of nitrogens with one attached hydrogen (secondary N) is 4. The van der Waals surface area contributed by atoms with Gasteiger partial charge in [-0.05, 0) is 268 Å². The molecule has 7 rings (SSSR count). The molecule has 0 heterocycles. The Labute approximate surface area is 727 Å². The number of amides is 3. The molecule has 7 aromatic rings. The van der Waals surface area contributed by atoms with Gasteiger partial charge in [0.2, 0.25) is 17.7 Å². The highest BCUT2D eigenvalue weighted by atomic mass is 79.9. The molecule has 5 unspecified atom stereocenters. The molecule has 18 nitrogen and oxygen atoms in total. The summed E-state index contributed by atoms with van der Waals surface area (Å²) in [5.41, 5.74) is 27.4. The summed E-state index contributed by atoms with van der Waals surface area (Å²) in [6, 6.07) is 51.3. The number of hydrogen-bond donors (Lipinski definition) is 9. The number of carbonyl (C=O) groups is 3.